The van der Waals surface area contributed by atoms with E-state index in [1.807, 2.05) is 12.1 Å². The minimum atomic E-state index is 0. The van der Waals surface area contributed by atoms with E-state index in [-0.39, 0.29) is 12.4 Å². The first-order chi connectivity index (χ1) is 8.31. The number of fused-ring (bicyclic) bond motifs is 1. The zero-order valence-electron chi connectivity index (χ0n) is 10.4. The van der Waals surface area contributed by atoms with Gasteiger partial charge in [-0.25, -0.2) is 0 Å². The maximum atomic E-state index is 6.02. The molecule has 2 aliphatic heterocycles. The molecule has 0 aliphatic carbocycles. The number of likely N-dealkylation sites (tertiary alicyclic amines) is 1. The zero-order valence-corrected chi connectivity index (χ0v) is 12.0. The lowest BCUT2D eigenvalue weighted by Crippen LogP contribution is -2.43. The number of piperidine rings is 1. The fourth-order valence-corrected chi connectivity index (χ4v) is 3.37. The van der Waals surface area contributed by atoms with Gasteiger partial charge in [-0.3, -0.25) is 4.90 Å². The molecule has 0 spiro atoms. The van der Waals surface area contributed by atoms with Crippen molar-refractivity contribution in [1.29, 1.82) is 0 Å². The summed E-state index contributed by atoms with van der Waals surface area (Å²) in [6.07, 6.45) is 2.64. The second-order valence-corrected chi connectivity index (χ2v) is 5.70. The molecule has 2 fully saturated rings. The van der Waals surface area contributed by atoms with Crippen LogP contribution in [0.1, 0.15) is 18.4 Å². The molecule has 2 nitrogen and oxygen atoms in total. The third-order valence-electron chi connectivity index (χ3n) is 4.03. The number of rotatable bonds is 2. The number of hydrogen-bond donors (Lipinski definition) is 1. The van der Waals surface area contributed by atoms with Gasteiger partial charge in [0.2, 0.25) is 0 Å². The molecule has 0 amide bonds. The van der Waals surface area contributed by atoms with Gasteiger partial charge in [0.15, 0.2) is 0 Å². The lowest BCUT2D eigenvalue weighted by Gasteiger charge is -2.34. The molecule has 2 atom stereocenters. The van der Waals surface area contributed by atoms with Crippen LogP contribution in [-0.2, 0) is 6.54 Å². The van der Waals surface area contributed by atoms with Crippen LogP contribution in [0.5, 0.6) is 0 Å². The molecule has 0 radical (unpaired) electrons. The van der Waals surface area contributed by atoms with Crippen LogP contribution in [0.2, 0.25) is 5.02 Å². The fraction of sp³-hybridized carbons (Fsp3) is 0.571. The summed E-state index contributed by atoms with van der Waals surface area (Å²) in [6, 6.07) is 9.02. The van der Waals surface area contributed by atoms with E-state index >= 15 is 0 Å². The van der Waals surface area contributed by atoms with Crippen LogP contribution in [-0.4, -0.2) is 30.6 Å². The van der Waals surface area contributed by atoms with Crippen LogP contribution in [0.3, 0.4) is 0 Å². The lowest BCUT2D eigenvalue weighted by molar-refractivity contribution is 0.156. The van der Waals surface area contributed by atoms with E-state index < -0.39 is 0 Å². The molecule has 3 rings (SSSR count). The Hall–Kier alpha value is -0.280. The van der Waals surface area contributed by atoms with E-state index in [1.54, 1.807) is 0 Å². The summed E-state index contributed by atoms with van der Waals surface area (Å²) in [6.45, 7) is 4.70. The number of hydrogen-bond acceptors (Lipinski definition) is 2. The first-order valence-electron chi connectivity index (χ1n) is 6.51. The highest BCUT2D eigenvalue weighted by Crippen LogP contribution is 2.25. The molecule has 2 aliphatic rings. The van der Waals surface area contributed by atoms with Crippen LogP contribution in [0.15, 0.2) is 24.3 Å². The van der Waals surface area contributed by atoms with Gasteiger partial charge in [-0.2, -0.15) is 0 Å². The summed E-state index contributed by atoms with van der Waals surface area (Å²) >= 11 is 6.02. The van der Waals surface area contributed by atoms with Crippen LogP contribution >= 0.6 is 24.0 Å². The van der Waals surface area contributed by atoms with Gasteiger partial charge in [-0.15, -0.1) is 12.4 Å². The summed E-state index contributed by atoms with van der Waals surface area (Å²) in [5.41, 5.74) is 1.34. The van der Waals surface area contributed by atoms with Crippen molar-refractivity contribution < 1.29 is 0 Å². The Labute approximate surface area is 120 Å². The number of halogens is 2. The van der Waals surface area contributed by atoms with Crippen molar-refractivity contribution in [2.45, 2.75) is 25.4 Å². The second-order valence-electron chi connectivity index (χ2n) is 5.26. The Kier molecular flexibility index (Phi) is 4.91. The van der Waals surface area contributed by atoms with Crippen molar-refractivity contribution in [3.63, 3.8) is 0 Å². The molecule has 2 heterocycles. The number of nitrogens with one attached hydrogen (secondary N) is 1. The summed E-state index contributed by atoms with van der Waals surface area (Å²) in [7, 11) is 0. The standard InChI is InChI=1S/C14H19ClN2.ClH/c15-13-3-1-2-11(8-13)9-17-7-5-14-12(10-17)4-6-16-14;/h1-3,8,12,14,16H,4-7,9-10H2;1H. The molecule has 18 heavy (non-hydrogen) atoms. The highest BCUT2D eigenvalue weighted by molar-refractivity contribution is 6.30. The van der Waals surface area contributed by atoms with Crippen molar-refractivity contribution in [1.82, 2.24) is 10.2 Å². The van der Waals surface area contributed by atoms with E-state index in [9.17, 15) is 0 Å². The quantitative estimate of drug-likeness (QED) is 0.899. The van der Waals surface area contributed by atoms with E-state index in [0.717, 1.165) is 23.5 Å². The van der Waals surface area contributed by atoms with Crippen LogP contribution in [0, 0.1) is 5.92 Å². The molecular weight excluding hydrogens is 267 g/mol. The summed E-state index contributed by atoms with van der Waals surface area (Å²) in [5.74, 6) is 0.864. The van der Waals surface area contributed by atoms with Crippen LogP contribution in [0.4, 0.5) is 0 Å². The second kappa shape index (κ2) is 6.25. The van der Waals surface area contributed by atoms with Crippen molar-refractivity contribution in [2.75, 3.05) is 19.6 Å². The van der Waals surface area contributed by atoms with Gasteiger partial charge in [0.05, 0.1) is 0 Å². The van der Waals surface area contributed by atoms with Gasteiger partial charge in [0.25, 0.3) is 0 Å². The topological polar surface area (TPSA) is 15.3 Å². The summed E-state index contributed by atoms with van der Waals surface area (Å²) in [4.78, 5) is 2.57. The molecule has 4 heteroatoms. The van der Waals surface area contributed by atoms with Crippen LogP contribution < -0.4 is 5.32 Å². The van der Waals surface area contributed by atoms with E-state index in [4.69, 9.17) is 11.6 Å². The number of nitrogens with zero attached hydrogens (tertiary/aromatic N) is 1. The third-order valence-corrected chi connectivity index (χ3v) is 4.27. The van der Waals surface area contributed by atoms with Gasteiger partial charge in [-0.1, -0.05) is 23.7 Å². The van der Waals surface area contributed by atoms with Gasteiger partial charge < -0.3 is 5.32 Å². The number of benzene rings is 1. The Morgan fingerprint density at radius 1 is 1.33 bits per heavy atom. The SMILES string of the molecule is Cl.Clc1cccc(CN2CCC3NCCC3C2)c1. The maximum absolute atomic E-state index is 6.02. The summed E-state index contributed by atoms with van der Waals surface area (Å²) < 4.78 is 0. The van der Waals surface area contributed by atoms with E-state index in [0.29, 0.717) is 0 Å². The Morgan fingerprint density at radius 2 is 2.22 bits per heavy atom. The monoisotopic (exact) mass is 286 g/mol. The largest absolute Gasteiger partial charge is 0.314 e. The van der Waals surface area contributed by atoms with Gasteiger partial charge in [0.1, 0.15) is 0 Å². The minimum Gasteiger partial charge on any atom is -0.314 e. The lowest BCUT2D eigenvalue weighted by atomic mass is 9.93. The summed E-state index contributed by atoms with van der Waals surface area (Å²) in [5, 5.41) is 4.45. The van der Waals surface area contributed by atoms with E-state index in [1.165, 1.54) is 38.0 Å². The molecule has 100 valence electrons. The molecule has 2 saturated heterocycles. The zero-order chi connectivity index (χ0) is 11.7. The average Bonchev–Trinajstić information content (AvgIpc) is 2.76. The van der Waals surface area contributed by atoms with Crippen molar-refractivity contribution in [3.8, 4) is 0 Å². The van der Waals surface area contributed by atoms with Gasteiger partial charge >= 0.3 is 0 Å². The Balaban J connectivity index is 0.00000120. The molecule has 0 aromatic heterocycles. The predicted octanol–water partition coefficient (Wildman–Crippen LogP) is 2.95. The third kappa shape index (κ3) is 3.18. The molecule has 1 aromatic rings. The van der Waals surface area contributed by atoms with Gasteiger partial charge in [0, 0.05) is 24.2 Å². The Bertz CT molecular complexity index is 397. The predicted molar refractivity (Wildman–Crippen MR) is 78.5 cm³/mol. The highest BCUT2D eigenvalue weighted by Gasteiger charge is 2.32. The molecule has 1 N–H and O–H groups in total. The molecule has 0 bridgehead atoms. The molecule has 1 aromatic carbocycles. The maximum Gasteiger partial charge on any atom is 0.0409 e. The molecular formula is C14H20Cl2N2. The normalized spacial score (nSPS) is 27.6. The van der Waals surface area contributed by atoms with Crippen LogP contribution in [0.25, 0.3) is 0 Å². The minimum absolute atomic E-state index is 0. The van der Waals surface area contributed by atoms with E-state index in [2.05, 4.69) is 22.3 Å². The Morgan fingerprint density at radius 3 is 3.06 bits per heavy atom. The van der Waals surface area contributed by atoms with Crippen molar-refractivity contribution in [3.05, 3.63) is 34.9 Å². The molecule has 2 unspecified atom stereocenters. The first kappa shape index (κ1) is 14.1. The van der Waals surface area contributed by atoms with Crippen molar-refractivity contribution >= 4 is 24.0 Å². The van der Waals surface area contributed by atoms with Crippen molar-refractivity contribution in [2.24, 2.45) is 5.92 Å². The smallest absolute Gasteiger partial charge is 0.0409 e. The van der Waals surface area contributed by atoms with Gasteiger partial charge in [-0.05, 0) is 49.5 Å². The fourth-order valence-electron chi connectivity index (χ4n) is 3.16. The first-order valence-corrected chi connectivity index (χ1v) is 6.89. The average molecular weight is 287 g/mol. The highest BCUT2D eigenvalue weighted by atomic mass is 35.5. The molecule has 0 saturated carbocycles.